The molecule has 316 valence electrons. The van der Waals surface area contributed by atoms with Gasteiger partial charge in [0.1, 0.15) is 12.6 Å². The van der Waals surface area contributed by atoms with Crippen LogP contribution in [0.3, 0.4) is 0 Å². The van der Waals surface area contributed by atoms with Crippen LogP contribution in [0, 0.1) is 0 Å². The van der Waals surface area contributed by atoms with Crippen LogP contribution in [0.25, 0.3) is 0 Å². The molecule has 0 rings (SSSR count). The molecule has 0 aromatic heterocycles. The van der Waals surface area contributed by atoms with E-state index < -0.39 is 57.7 Å². The Bertz CT molecular complexity index is 1310. The minimum absolute atomic E-state index is 0.0911. The van der Waals surface area contributed by atoms with Crippen LogP contribution >= 0.6 is 7.82 Å². The Morgan fingerprint density at radius 2 is 0.982 bits per heavy atom. The quantitative estimate of drug-likeness (QED) is 0.0238. The number of hydrogen-bond donors (Lipinski definition) is 3. The minimum atomic E-state index is -4.74. The fourth-order valence-corrected chi connectivity index (χ4v) is 5.49. The van der Waals surface area contributed by atoms with E-state index in [0.717, 1.165) is 89.9 Å². The van der Waals surface area contributed by atoms with Crippen LogP contribution in [0.5, 0.6) is 0 Å². The molecule has 12 heteroatoms. The van der Waals surface area contributed by atoms with E-state index in [1.54, 1.807) is 0 Å². The van der Waals surface area contributed by atoms with Crippen molar-refractivity contribution in [2.24, 2.45) is 5.73 Å². The highest BCUT2D eigenvalue weighted by Gasteiger charge is 2.28. The second-order valence-electron chi connectivity index (χ2n) is 13.0. The molecule has 0 aliphatic rings. The molecule has 0 saturated carbocycles. The third-order valence-electron chi connectivity index (χ3n) is 7.84. The molecule has 0 aliphatic carbocycles. The molecule has 4 N–H and O–H groups in total. The lowest BCUT2D eigenvalue weighted by atomic mass is 10.1. The van der Waals surface area contributed by atoms with E-state index in [1.165, 1.54) is 0 Å². The van der Waals surface area contributed by atoms with Crippen LogP contribution in [0.4, 0.5) is 0 Å². The van der Waals surface area contributed by atoms with Gasteiger partial charge in [0, 0.05) is 12.8 Å². The number of phosphoric ester groups is 1. The zero-order valence-electron chi connectivity index (χ0n) is 33.9. The van der Waals surface area contributed by atoms with Crippen LogP contribution in [-0.4, -0.2) is 59.9 Å². The zero-order valence-corrected chi connectivity index (χ0v) is 34.8. The number of esters is 2. The number of aliphatic carboxylic acids is 1. The second-order valence-corrected chi connectivity index (χ2v) is 14.5. The molecule has 11 nitrogen and oxygen atoms in total. The summed E-state index contributed by atoms with van der Waals surface area (Å²) in [6.45, 7) is 2.45. The van der Waals surface area contributed by atoms with E-state index in [9.17, 15) is 23.8 Å². The largest absolute Gasteiger partial charge is 0.480 e. The molecule has 0 heterocycles. The van der Waals surface area contributed by atoms with Gasteiger partial charge in [-0.3, -0.25) is 23.4 Å². The molecule has 0 bridgehead atoms. The summed E-state index contributed by atoms with van der Waals surface area (Å²) in [5.41, 5.74) is 5.32. The number of carboxylic acids is 1. The fraction of sp³-hybridized carbons (Fsp3) is 0.568. The lowest BCUT2D eigenvalue weighted by Crippen LogP contribution is -2.34. The maximum atomic E-state index is 12.6. The molecule has 0 radical (unpaired) electrons. The van der Waals surface area contributed by atoms with Crippen LogP contribution in [0.2, 0.25) is 0 Å². The van der Waals surface area contributed by atoms with Gasteiger partial charge in [-0.2, -0.15) is 0 Å². The van der Waals surface area contributed by atoms with Crippen molar-refractivity contribution in [2.75, 3.05) is 19.8 Å². The Hall–Kier alpha value is -3.60. The van der Waals surface area contributed by atoms with E-state index >= 15 is 0 Å². The standard InChI is InChI=1S/C44H70NO10P/c1-3-5-7-9-11-13-15-17-18-19-20-21-22-24-26-28-30-32-34-36-43(47)55-40(38-53-56(50,51)54-39-41(45)44(48)49)37-52-42(46)35-33-31-29-27-25-23-16-14-12-10-8-6-4-2/h5-8,11-14,17-18,20-21,23,25,29,31,40-41H,3-4,9-10,15-16,19,22,24,26-28,30,32-39,45H2,1-2H3,(H,48,49)(H,50,51)/b7-5-,8-6-,13-11-,14-12-,18-17-,21-20-,25-23-,31-29-. The lowest BCUT2D eigenvalue weighted by molar-refractivity contribution is -0.161. The molecular formula is C44H70NO10P. The number of rotatable bonds is 36. The van der Waals surface area contributed by atoms with Crippen molar-refractivity contribution in [3.63, 3.8) is 0 Å². The molecule has 0 fully saturated rings. The maximum absolute atomic E-state index is 12.6. The van der Waals surface area contributed by atoms with Crippen LogP contribution < -0.4 is 5.73 Å². The van der Waals surface area contributed by atoms with Gasteiger partial charge in [0.05, 0.1) is 13.2 Å². The monoisotopic (exact) mass is 803 g/mol. The summed E-state index contributed by atoms with van der Waals surface area (Å²) >= 11 is 0. The molecule has 0 aromatic rings. The summed E-state index contributed by atoms with van der Waals surface area (Å²) < 4.78 is 32.5. The normalized spacial score (nSPS) is 14.8. The Balaban J connectivity index is 4.52. The average Bonchev–Trinajstić information content (AvgIpc) is 3.17. The number of hydrogen-bond acceptors (Lipinski definition) is 9. The number of unbranched alkanes of at least 4 members (excludes halogenated alkanes) is 6. The van der Waals surface area contributed by atoms with Gasteiger partial charge in [0.25, 0.3) is 0 Å². The predicted molar refractivity (Wildman–Crippen MR) is 226 cm³/mol. The molecule has 0 spiro atoms. The van der Waals surface area contributed by atoms with Crippen molar-refractivity contribution in [2.45, 2.75) is 142 Å². The summed E-state index contributed by atoms with van der Waals surface area (Å²) in [5, 5.41) is 8.87. The zero-order chi connectivity index (χ0) is 41.4. The first-order chi connectivity index (χ1) is 27.1. The Morgan fingerprint density at radius 3 is 1.48 bits per heavy atom. The molecule has 0 amide bonds. The van der Waals surface area contributed by atoms with E-state index in [4.69, 9.17) is 24.8 Å². The number of carbonyl (C=O) groups is 3. The van der Waals surface area contributed by atoms with Crippen molar-refractivity contribution in [1.29, 1.82) is 0 Å². The topological polar surface area (TPSA) is 172 Å². The van der Waals surface area contributed by atoms with Crippen molar-refractivity contribution >= 4 is 25.7 Å². The number of phosphoric acid groups is 1. The van der Waals surface area contributed by atoms with Crippen molar-refractivity contribution in [3.8, 4) is 0 Å². The highest BCUT2D eigenvalue weighted by Crippen LogP contribution is 2.43. The second kappa shape index (κ2) is 38.3. The minimum Gasteiger partial charge on any atom is -0.480 e. The van der Waals surface area contributed by atoms with E-state index in [2.05, 4.69) is 97.4 Å². The van der Waals surface area contributed by atoms with Crippen molar-refractivity contribution in [3.05, 3.63) is 97.2 Å². The van der Waals surface area contributed by atoms with Gasteiger partial charge < -0.3 is 25.2 Å². The molecule has 56 heavy (non-hydrogen) atoms. The fourth-order valence-electron chi connectivity index (χ4n) is 4.71. The third kappa shape index (κ3) is 37.3. The molecular weight excluding hydrogens is 733 g/mol. The first-order valence-electron chi connectivity index (χ1n) is 20.3. The molecule has 3 unspecified atom stereocenters. The van der Waals surface area contributed by atoms with Gasteiger partial charge in [0.15, 0.2) is 6.10 Å². The predicted octanol–water partition coefficient (Wildman–Crippen LogP) is 10.5. The van der Waals surface area contributed by atoms with E-state index in [0.29, 0.717) is 12.8 Å². The summed E-state index contributed by atoms with van der Waals surface area (Å²) in [5.74, 6) is -2.52. The van der Waals surface area contributed by atoms with Crippen molar-refractivity contribution < 1.29 is 47.5 Å². The van der Waals surface area contributed by atoms with Crippen molar-refractivity contribution in [1.82, 2.24) is 0 Å². The first kappa shape index (κ1) is 52.4. The number of carboxylic acid groups (broad SMARTS) is 1. The summed E-state index contributed by atoms with van der Waals surface area (Å²) in [6.07, 6.45) is 47.8. The number of carbonyl (C=O) groups excluding carboxylic acids is 2. The first-order valence-corrected chi connectivity index (χ1v) is 21.8. The molecule has 0 aromatic carbocycles. The Kier molecular flexibility index (Phi) is 35.8. The summed E-state index contributed by atoms with van der Waals surface area (Å²) in [7, 11) is -4.74. The van der Waals surface area contributed by atoms with Crippen LogP contribution in [0.15, 0.2) is 97.2 Å². The summed E-state index contributed by atoms with van der Waals surface area (Å²) in [6, 6.07) is -1.54. The van der Waals surface area contributed by atoms with E-state index in [-0.39, 0.29) is 12.8 Å². The smallest absolute Gasteiger partial charge is 0.472 e. The third-order valence-corrected chi connectivity index (χ3v) is 8.79. The van der Waals surface area contributed by atoms with Gasteiger partial charge >= 0.3 is 25.7 Å². The summed E-state index contributed by atoms with van der Waals surface area (Å²) in [4.78, 5) is 45.8. The number of ether oxygens (including phenoxy) is 2. The number of allylic oxidation sites excluding steroid dienone is 16. The lowest BCUT2D eigenvalue weighted by Gasteiger charge is -2.20. The van der Waals surface area contributed by atoms with Crippen LogP contribution in [0.1, 0.15) is 129 Å². The van der Waals surface area contributed by atoms with Gasteiger partial charge in [0.2, 0.25) is 0 Å². The number of nitrogens with two attached hydrogens (primary N) is 1. The molecule has 0 saturated heterocycles. The molecule has 3 atom stereocenters. The van der Waals surface area contributed by atoms with Gasteiger partial charge in [-0.15, -0.1) is 0 Å². The molecule has 0 aliphatic heterocycles. The highest BCUT2D eigenvalue weighted by molar-refractivity contribution is 7.47. The van der Waals surface area contributed by atoms with E-state index in [1.807, 2.05) is 18.2 Å². The Labute approximate surface area is 336 Å². The van der Waals surface area contributed by atoms with Gasteiger partial charge in [-0.1, -0.05) is 137 Å². The maximum Gasteiger partial charge on any atom is 0.472 e. The van der Waals surface area contributed by atoms with Crippen LogP contribution in [-0.2, 0) is 37.5 Å². The highest BCUT2D eigenvalue weighted by atomic mass is 31.2. The Morgan fingerprint density at radius 1 is 0.554 bits per heavy atom. The average molecular weight is 804 g/mol. The van der Waals surface area contributed by atoms with Gasteiger partial charge in [-0.25, -0.2) is 4.57 Å². The van der Waals surface area contributed by atoms with Gasteiger partial charge in [-0.05, 0) is 77.0 Å². The SMILES string of the molecule is CC/C=C\C/C=C\C/C=C\C/C=C\CCCCCCCCC(=O)OC(COC(=O)CC/C=C\C/C=C\C/C=C\C/C=C\CC)COP(=O)(O)OCC(N)C(=O)O.